The van der Waals surface area contributed by atoms with Crippen LogP contribution in [0.5, 0.6) is 0 Å². The number of carbonyl (C=O) groups is 1. The minimum atomic E-state index is 0.153. The fourth-order valence-corrected chi connectivity index (χ4v) is 2.70. The van der Waals surface area contributed by atoms with Crippen molar-refractivity contribution in [3.63, 3.8) is 0 Å². The zero-order valence-corrected chi connectivity index (χ0v) is 12.3. The molecule has 0 saturated carbocycles. The summed E-state index contributed by atoms with van der Waals surface area (Å²) in [4.78, 5) is 16.9. The average Bonchev–Trinajstić information content (AvgIpc) is 2.48. The fraction of sp³-hybridized carbons (Fsp3) is 0.562. The molecule has 1 heterocycles. The van der Waals surface area contributed by atoms with Crippen LogP contribution in [-0.2, 0) is 6.42 Å². The van der Waals surface area contributed by atoms with Gasteiger partial charge in [0.25, 0.3) is 5.91 Å². The number of piperazine rings is 1. The molecule has 1 fully saturated rings. The van der Waals surface area contributed by atoms with Gasteiger partial charge in [-0.3, -0.25) is 9.69 Å². The lowest BCUT2D eigenvalue weighted by Crippen LogP contribution is -2.48. The number of rotatable bonds is 5. The van der Waals surface area contributed by atoms with Crippen LogP contribution in [0.3, 0.4) is 0 Å². The van der Waals surface area contributed by atoms with Gasteiger partial charge in [0.1, 0.15) is 0 Å². The zero-order valence-electron chi connectivity index (χ0n) is 12.3. The molecular formula is C16H25N3O. The largest absolute Gasteiger partial charge is 0.336 e. The van der Waals surface area contributed by atoms with Crippen LogP contribution in [0, 0.1) is 0 Å². The van der Waals surface area contributed by atoms with Gasteiger partial charge in [0.05, 0.1) is 0 Å². The number of carbonyl (C=O) groups excluding carboxylic acids is 1. The van der Waals surface area contributed by atoms with Gasteiger partial charge in [-0.1, -0.05) is 19.1 Å². The monoisotopic (exact) mass is 275 g/mol. The molecule has 0 radical (unpaired) electrons. The van der Waals surface area contributed by atoms with Crippen molar-refractivity contribution in [1.82, 2.24) is 9.80 Å². The van der Waals surface area contributed by atoms with Crippen molar-refractivity contribution in [2.24, 2.45) is 5.73 Å². The van der Waals surface area contributed by atoms with Crippen LogP contribution in [0.1, 0.15) is 29.3 Å². The molecule has 0 bridgehead atoms. The number of hydrogen-bond donors (Lipinski definition) is 1. The Labute approximate surface area is 121 Å². The molecule has 0 aromatic heterocycles. The third kappa shape index (κ3) is 3.81. The first-order valence-electron chi connectivity index (χ1n) is 7.55. The summed E-state index contributed by atoms with van der Waals surface area (Å²) in [5.41, 5.74) is 7.51. The van der Waals surface area contributed by atoms with Gasteiger partial charge in [0.2, 0.25) is 0 Å². The smallest absolute Gasteiger partial charge is 0.253 e. The van der Waals surface area contributed by atoms with Gasteiger partial charge in [-0.05, 0) is 43.6 Å². The summed E-state index contributed by atoms with van der Waals surface area (Å²) in [5.74, 6) is 0.153. The maximum absolute atomic E-state index is 12.5. The highest BCUT2D eigenvalue weighted by Crippen LogP contribution is 2.11. The molecule has 1 aromatic carbocycles. The topological polar surface area (TPSA) is 49.6 Å². The molecular weight excluding hydrogens is 250 g/mol. The van der Waals surface area contributed by atoms with Crippen molar-refractivity contribution in [2.75, 3.05) is 39.3 Å². The molecule has 4 heteroatoms. The Morgan fingerprint density at radius 1 is 1.25 bits per heavy atom. The average molecular weight is 275 g/mol. The fourth-order valence-electron chi connectivity index (χ4n) is 2.70. The van der Waals surface area contributed by atoms with E-state index in [9.17, 15) is 4.79 Å². The molecule has 110 valence electrons. The van der Waals surface area contributed by atoms with Gasteiger partial charge in [-0.2, -0.15) is 0 Å². The van der Waals surface area contributed by atoms with E-state index < -0.39 is 0 Å². The molecule has 4 nitrogen and oxygen atoms in total. The van der Waals surface area contributed by atoms with Gasteiger partial charge in [-0.15, -0.1) is 0 Å². The van der Waals surface area contributed by atoms with Crippen LogP contribution in [0.2, 0.25) is 0 Å². The third-order valence-electron chi connectivity index (χ3n) is 3.81. The first kappa shape index (κ1) is 15.0. The van der Waals surface area contributed by atoms with Gasteiger partial charge in [0.15, 0.2) is 0 Å². The first-order valence-corrected chi connectivity index (χ1v) is 7.55. The maximum Gasteiger partial charge on any atom is 0.253 e. The number of nitrogens with two attached hydrogens (primary N) is 1. The molecule has 1 aromatic rings. The predicted molar refractivity (Wildman–Crippen MR) is 81.8 cm³/mol. The second kappa shape index (κ2) is 7.41. The normalized spacial score (nSPS) is 16.4. The maximum atomic E-state index is 12.5. The lowest BCUT2D eigenvalue weighted by atomic mass is 10.1. The molecule has 1 aliphatic heterocycles. The molecule has 2 rings (SSSR count). The molecule has 0 spiro atoms. The number of amides is 1. The first-order chi connectivity index (χ1) is 9.74. The van der Waals surface area contributed by atoms with Gasteiger partial charge in [-0.25, -0.2) is 0 Å². The number of nitrogens with zero attached hydrogens (tertiary/aromatic N) is 2. The molecule has 1 aliphatic rings. The highest BCUT2D eigenvalue weighted by Gasteiger charge is 2.21. The second-order valence-corrected chi connectivity index (χ2v) is 5.37. The summed E-state index contributed by atoms with van der Waals surface area (Å²) in [7, 11) is 0. The lowest BCUT2D eigenvalue weighted by molar-refractivity contribution is 0.0637. The van der Waals surface area contributed by atoms with Crippen molar-refractivity contribution in [2.45, 2.75) is 19.8 Å². The molecule has 0 aliphatic carbocycles. The number of hydrogen-bond acceptors (Lipinski definition) is 3. The van der Waals surface area contributed by atoms with E-state index in [1.807, 2.05) is 29.2 Å². The van der Waals surface area contributed by atoms with E-state index >= 15 is 0 Å². The highest BCUT2D eigenvalue weighted by molar-refractivity contribution is 5.94. The molecule has 1 amide bonds. The van der Waals surface area contributed by atoms with Crippen molar-refractivity contribution < 1.29 is 4.79 Å². The molecule has 1 saturated heterocycles. The Balaban J connectivity index is 1.96. The Kier molecular flexibility index (Phi) is 5.56. The summed E-state index contributed by atoms with van der Waals surface area (Å²) >= 11 is 0. The lowest BCUT2D eigenvalue weighted by Gasteiger charge is -2.34. The molecule has 2 N–H and O–H groups in total. The van der Waals surface area contributed by atoms with Crippen LogP contribution in [0.4, 0.5) is 0 Å². The van der Waals surface area contributed by atoms with Crippen LogP contribution in [0.15, 0.2) is 24.3 Å². The van der Waals surface area contributed by atoms with E-state index in [0.717, 1.165) is 50.3 Å². The van der Waals surface area contributed by atoms with Gasteiger partial charge < -0.3 is 10.6 Å². The van der Waals surface area contributed by atoms with Crippen LogP contribution in [-0.4, -0.2) is 55.0 Å². The van der Waals surface area contributed by atoms with E-state index in [-0.39, 0.29) is 5.91 Å². The Morgan fingerprint density at radius 3 is 2.65 bits per heavy atom. The highest BCUT2D eigenvalue weighted by atomic mass is 16.2. The van der Waals surface area contributed by atoms with Crippen molar-refractivity contribution in [1.29, 1.82) is 0 Å². The SMILES string of the molecule is CCCN1CCN(C(=O)c2cccc(CCN)c2)CC1. The van der Waals surface area contributed by atoms with Crippen LogP contribution < -0.4 is 5.73 Å². The second-order valence-electron chi connectivity index (χ2n) is 5.37. The zero-order chi connectivity index (χ0) is 14.4. The Morgan fingerprint density at radius 2 is 2.00 bits per heavy atom. The minimum Gasteiger partial charge on any atom is -0.336 e. The Bertz CT molecular complexity index is 439. The van der Waals surface area contributed by atoms with Gasteiger partial charge in [0, 0.05) is 31.7 Å². The van der Waals surface area contributed by atoms with Crippen LogP contribution in [0.25, 0.3) is 0 Å². The van der Waals surface area contributed by atoms with E-state index in [0.29, 0.717) is 6.54 Å². The van der Waals surface area contributed by atoms with E-state index in [1.54, 1.807) is 0 Å². The standard InChI is InChI=1S/C16H25N3O/c1-2-8-18-9-11-19(12-10-18)16(20)15-5-3-4-14(13-15)6-7-17/h3-5,13H,2,6-12,17H2,1H3. The van der Waals surface area contributed by atoms with Crippen molar-refractivity contribution in [3.8, 4) is 0 Å². The Hall–Kier alpha value is -1.39. The van der Waals surface area contributed by atoms with Crippen molar-refractivity contribution >= 4 is 5.91 Å². The predicted octanol–water partition coefficient (Wildman–Crippen LogP) is 1.36. The summed E-state index contributed by atoms with van der Waals surface area (Å²) < 4.78 is 0. The van der Waals surface area contributed by atoms with E-state index in [2.05, 4.69) is 11.8 Å². The van der Waals surface area contributed by atoms with Crippen molar-refractivity contribution in [3.05, 3.63) is 35.4 Å². The molecule has 0 atom stereocenters. The molecule has 0 unspecified atom stereocenters. The quantitative estimate of drug-likeness (QED) is 0.882. The van der Waals surface area contributed by atoms with E-state index in [4.69, 9.17) is 5.73 Å². The van der Waals surface area contributed by atoms with Crippen LogP contribution >= 0.6 is 0 Å². The molecule has 20 heavy (non-hydrogen) atoms. The van der Waals surface area contributed by atoms with E-state index in [1.165, 1.54) is 6.42 Å². The third-order valence-corrected chi connectivity index (χ3v) is 3.81. The summed E-state index contributed by atoms with van der Waals surface area (Å²) in [5, 5.41) is 0. The summed E-state index contributed by atoms with van der Waals surface area (Å²) in [6, 6.07) is 7.86. The summed E-state index contributed by atoms with van der Waals surface area (Å²) in [6.45, 7) is 7.59. The van der Waals surface area contributed by atoms with Gasteiger partial charge >= 0.3 is 0 Å². The number of benzene rings is 1. The summed E-state index contributed by atoms with van der Waals surface area (Å²) in [6.07, 6.45) is 2.00. The minimum absolute atomic E-state index is 0.153.